The molecule has 2 rings (SSSR count). The Bertz CT molecular complexity index is 499. The highest BCUT2D eigenvalue weighted by Crippen LogP contribution is 2.36. The van der Waals surface area contributed by atoms with Gasteiger partial charge in [0.15, 0.2) is 0 Å². The van der Waals surface area contributed by atoms with Crippen molar-refractivity contribution in [1.29, 1.82) is 0 Å². The Kier molecular flexibility index (Phi) is 4.36. The Morgan fingerprint density at radius 3 is 2.00 bits per heavy atom. The van der Waals surface area contributed by atoms with Crippen molar-refractivity contribution < 1.29 is 13.7 Å². The number of halogens is 1. The fourth-order valence-electron chi connectivity index (χ4n) is 2.48. The van der Waals surface area contributed by atoms with Crippen molar-refractivity contribution in [3.8, 4) is 0 Å². The van der Waals surface area contributed by atoms with Crippen molar-refractivity contribution in [3.63, 3.8) is 0 Å². The van der Waals surface area contributed by atoms with Gasteiger partial charge in [-0.05, 0) is 65.2 Å². The predicted octanol–water partition coefficient (Wildman–Crippen LogP) is 2.97. The molecule has 0 atom stereocenters. The third-order valence-corrected chi connectivity index (χ3v) is 4.56. The molecule has 3 nitrogen and oxygen atoms in total. The SMILES string of the molecule is CCN(CC)c1cc(F)cc(B2OC(C)(C)C(C)(C)O2)c1. The first-order valence-electron chi connectivity index (χ1n) is 7.61. The zero-order valence-electron chi connectivity index (χ0n) is 13.9. The maximum Gasteiger partial charge on any atom is 0.495 e. The van der Waals surface area contributed by atoms with Crippen molar-refractivity contribution in [1.82, 2.24) is 0 Å². The van der Waals surface area contributed by atoms with Crippen LogP contribution < -0.4 is 10.4 Å². The van der Waals surface area contributed by atoms with E-state index in [0.717, 1.165) is 24.2 Å². The predicted molar refractivity (Wildman–Crippen MR) is 85.7 cm³/mol. The minimum Gasteiger partial charge on any atom is -0.399 e. The van der Waals surface area contributed by atoms with Crippen LogP contribution in [0.5, 0.6) is 0 Å². The van der Waals surface area contributed by atoms with E-state index in [1.165, 1.54) is 6.07 Å². The van der Waals surface area contributed by atoms with Gasteiger partial charge in [0.25, 0.3) is 0 Å². The van der Waals surface area contributed by atoms with Crippen LogP contribution in [0.4, 0.5) is 10.1 Å². The van der Waals surface area contributed by atoms with Crippen molar-refractivity contribution in [2.75, 3.05) is 18.0 Å². The first kappa shape index (κ1) is 16.3. The maximum atomic E-state index is 14.0. The van der Waals surface area contributed by atoms with Gasteiger partial charge in [0, 0.05) is 18.8 Å². The summed E-state index contributed by atoms with van der Waals surface area (Å²) in [7, 11) is -0.528. The van der Waals surface area contributed by atoms with Crippen LogP contribution in [0, 0.1) is 5.82 Å². The average Bonchev–Trinajstić information content (AvgIpc) is 2.59. The molecule has 116 valence electrons. The Hall–Kier alpha value is -1.07. The van der Waals surface area contributed by atoms with Crippen LogP contribution in [-0.4, -0.2) is 31.4 Å². The quantitative estimate of drug-likeness (QED) is 0.797. The molecule has 0 aliphatic carbocycles. The van der Waals surface area contributed by atoms with Gasteiger partial charge in [0.1, 0.15) is 5.82 Å². The standard InChI is InChI=1S/C16H25BFNO2/c1-7-19(8-2)14-10-12(9-13(18)11-14)17-20-15(3,4)16(5,6)21-17/h9-11H,7-8H2,1-6H3. The molecule has 1 aliphatic rings. The van der Waals surface area contributed by atoms with Gasteiger partial charge in [0.2, 0.25) is 0 Å². The van der Waals surface area contributed by atoms with Crippen molar-refractivity contribution in [3.05, 3.63) is 24.0 Å². The lowest BCUT2D eigenvalue weighted by Crippen LogP contribution is -2.41. The highest BCUT2D eigenvalue weighted by atomic mass is 19.1. The van der Waals surface area contributed by atoms with E-state index in [9.17, 15) is 4.39 Å². The molecule has 0 radical (unpaired) electrons. The summed E-state index contributed by atoms with van der Waals surface area (Å²) < 4.78 is 26.0. The van der Waals surface area contributed by atoms with Crippen molar-refractivity contribution in [2.45, 2.75) is 52.7 Å². The lowest BCUT2D eigenvalue weighted by atomic mass is 9.79. The number of benzene rings is 1. The van der Waals surface area contributed by atoms with Crippen LogP contribution in [-0.2, 0) is 9.31 Å². The molecule has 21 heavy (non-hydrogen) atoms. The minimum absolute atomic E-state index is 0.260. The number of rotatable bonds is 4. The second-order valence-electron chi connectivity index (χ2n) is 6.50. The van der Waals surface area contributed by atoms with Crippen LogP contribution in [0.15, 0.2) is 18.2 Å². The largest absolute Gasteiger partial charge is 0.495 e. The molecular formula is C16H25BFNO2. The molecule has 5 heteroatoms. The Morgan fingerprint density at radius 1 is 1.00 bits per heavy atom. The first-order valence-corrected chi connectivity index (χ1v) is 7.61. The van der Waals surface area contributed by atoms with Crippen LogP contribution in [0.25, 0.3) is 0 Å². The summed E-state index contributed by atoms with van der Waals surface area (Å²) in [4.78, 5) is 2.11. The molecule has 0 amide bonds. The zero-order chi connectivity index (χ0) is 15.8. The zero-order valence-corrected chi connectivity index (χ0v) is 13.9. The minimum atomic E-state index is -0.528. The molecule has 1 heterocycles. The maximum absolute atomic E-state index is 14.0. The second kappa shape index (κ2) is 5.62. The number of hydrogen-bond acceptors (Lipinski definition) is 3. The Labute approximate surface area is 127 Å². The summed E-state index contributed by atoms with van der Waals surface area (Å²) in [5, 5.41) is 0. The van der Waals surface area contributed by atoms with Gasteiger partial charge >= 0.3 is 7.12 Å². The van der Waals surface area contributed by atoms with Crippen molar-refractivity contribution >= 4 is 18.3 Å². The van der Waals surface area contributed by atoms with E-state index in [2.05, 4.69) is 18.7 Å². The third-order valence-electron chi connectivity index (χ3n) is 4.56. The van der Waals surface area contributed by atoms with Crippen molar-refractivity contribution in [2.24, 2.45) is 0 Å². The van der Waals surface area contributed by atoms with Crippen LogP contribution >= 0.6 is 0 Å². The van der Waals surface area contributed by atoms with Gasteiger partial charge in [-0.1, -0.05) is 0 Å². The van der Waals surface area contributed by atoms with E-state index in [-0.39, 0.29) is 5.82 Å². The van der Waals surface area contributed by atoms with Gasteiger partial charge in [-0.25, -0.2) is 4.39 Å². The molecular weight excluding hydrogens is 268 g/mol. The van der Waals surface area contributed by atoms with Gasteiger partial charge in [-0.2, -0.15) is 0 Å². The third kappa shape index (κ3) is 3.09. The van der Waals surface area contributed by atoms with Crippen LogP contribution in [0.3, 0.4) is 0 Å². The van der Waals surface area contributed by atoms with E-state index < -0.39 is 18.3 Å². The fourth-order valence-corrected chi connectivity index (χ4v) is 2.48. The summed E-state index contributed by atoms with van der Waals surface area (Å²) >= 11 is 0. The second-order valence-corrected chi connectivity index (χ2v) is 6.50. The molecule has 0 bridgehead atoms. The van der Waals surface area contributed by atoms with Gasteiger partial charge in [-0.15, -0.1) is 0 Å². The highest BCUT2D eigenvalue weighted by Gasteiger charge is 2.51. The summed E-state index contributed by atoms with van der Waals surface area (Å²) in [6.45, 7) is 13.8. The Balaban J connectivity index is 2.34. The highest BCUT2D eigenvalue weighted by molar-refractivity contribution is 6.62. The lowest BCUT2D eigenvalue weighted by molar-refractivity contribution is 0.00578. The number of anilines is 1. The molecule has 0 saturated carbocycles. The smallest absolute Gasteiger partial charge is 0.399 e. The summed E-state index contributed by atoms with van der Waals surface area (Å²) in [5.41, 5.74) is 0.763. The van der Waals surface area contributed by atoms with E-state index >= 15 is 0 Å². The van der Waals surface area contributed by atoms with E-state index in [0.29, 0.717) is 0 Å². The summed E-state index contributed by atoms with van der Waals surface area (Å²) in [5.74, 6) is -0.260. The molecule has 0 N–H and O–H groups in total. The van der Waals surface area contributed by atoms with E-state index in [1.807, 2.05) is 33.8 Å². The molecule has 1 saturated heterocycles. The van der Waals surface area contributed by atoms with Gasteiger partial charge in [0.05, 0.1) is 11.2 Å². The van der Waals surface area contributed by atoms with Crippen LogP contribution in [0.2, 0.25) is 0 Å². The summed E-state index contributed by atoms with van der Waals surface area (Å²) in [6.07, 6.45) is 0. The van der Waals surface area contributed by atoms with E-state index in [4.69, 9.17) is 9.31 Å². The monoisotopic (exact) mass is 293 g/mol. The lowest BCUT2D eigenvalue weighted by Gasteiger charge is -2.32. The molecule has 0 spiro atoms. The molecule has 1 fully saturated rings. The van der Waals surface area contributed by atoms with Gasteiger partial charge < -0.3 is 14.2 Å². The first-order chi connectivity index (χ1) is 9.70. The topological polar surface area (TPSA) is 21.7 Å². The number of hydrogen-bond donors (Lipinski definition) is 0. The molecule has 1 aliphatic heterocycles. The summed E-state index contributed by atoms with van der Waals surface area (Å²) in [6, 6.07) is 5.01. The molecule has 1 aromatic carbocycles. The molecule has 0 aromatic heterocycles. The number of nitrogens with zero attached hydrogens (tertiary/aromatic N) is 1. The van der Waals surface area contributed by atoms with Crippen LogP contribution in [0.1, 0.15) is 41.5 Å². The fraction of sp³-hybridized carbons (Fsp3) is 0.625. The molecule has 0 unspecified atom stereocenters. The normalized spacial score (nSPS) is 19.9. The van der Waals surface area contributed by atoms with Gasteiger partial charge in [-0.3, -0.25) is 0 Å². The molecule has 1 aromatic rings. The average molecular weight is 293 g/mol. The Morgan fingerprint density at radius 2 is 1.52 bits per heavy atom. The van der Waals surface area contributed by atoms with E-state index in [1.54, 1.807) is 6.07 Å².